The minimum absolute atomic E-state index is 0.156. The van der Waals surface area contributed by atoms with Crippen molar-refractivity contribution in [1.29, 1.82) is 0 Å². The van der Waals surface area contributed by atoms with Crippen LogP contribution in [-0.4, -0.2) is 32.9 Å². The Balaban J connectivity index is 3.38. The number of hydrogen-bond donors (Lipinski definition) is 1. The minimum atomic E-state index is -3.89. The third kappa shape index (κ3) is 4.35. The van der Waals surface area contributed by atoms with Crippen LogP contribution in [0.5, 0.6) is 0 Å². The highest BCUT2D eigenvalue weighted by molar-refractivity contribution is 9.10. The number of rotatable bonds is 8. The lowest BCUT2D eigenvalue weighted by molar-refractivity contribution is 0.435. The van der Waals surface area contributed by atoms with Crippen LogP contribution in [0, 0.1) is 5.82 Å². The summed E-state index contributed by atoms with van der Waals surface area (Å²) in [5.41, 5.74) is 0.306. The van der Waals surface area contributed by atoms with Crippen LogP contribution >= 0.6 is 15.9 Å². The van der Waals surface area contributed by atoms with Gasteiger partial charge in [-0.15, -0.1) is 6.58 Å². The molecule has 0 saturated carbocycles. The Morgan fingerprint density at radius 3 is 2.67 bits per heavy atom. The van der Waals surface area contributed by atoms with Crippen molar-refractivity contribution in [2.45, 2.75) is 24.8 Å². The summed E-state index contributed by atoms with van der Waals surface area (Å²) in [5, 5.41) is 2.82. The quantitative estimate of drug-likeness (QED) is 0.707. The Labute approximate surface area is 134 Å². The highest BCUT2D eigenvalue weighted by Gasteiger charge is 2.28. The van der Waals surface area contributed by atoms with Gasteiger partial charge in [0.05, 0.1) is 0 Å². The molecular formula is C14H20BrFN2O2S. The average Bonchev–Trinajstić information content (AvgIpc) is 2.42. The van der Waals surface area contributed by atoms with Crippen molar-refractivity contribution in [3.05, 3.63) is 40.6 Å². The van der Waals surface area contributed by atoms with E-state index in [9.17, 15) is 12.8 Å². The molecule has 0 amide bonds. The van der Waals surface area contributed by atoms with Crippen molar-refractivity contribution in [3.8, 4) is 0 Å². The number of benzene rings is 1. The molecule has 0 radical (unpaired) electrons. The van der Waals surface area contributed by atoms with Crippen molar-refractivity contribution < 1.29 is 12.8 Å². The minimum Gasteiger partial charge on any atom is -0.316 e. The van der Waals surface area contributed by atoms with Gasteiger partial charge in [-0.1, -0.05) is 28.9 Å². The van der Waals surface area contributed by atoms with Crippen LogP contribution in [0.15, 0.2) is 34.2 Å². The molecule has 0 heterocycles. The van der Waals surface area contributed by atoms with Gasteiger partial charge in [-0.3, -0.25) is 0 Å². The van der Waals surface area contributed by atoms with Crippen molar-refractivity contribution >= 4 is 26.0 Å². The smallest absolute Gasteiger partial charge is 0.246 e. The van der Waals surface area contributed by atoms with Crippen LogP contribution < -0.4 is 5.32 Å². The summed E-state index contributed by atoms with van der Waals surface area (Å²) in [6.07, 6.45) is 2.14. The Kier molecular flexibility index (Phi) is 6.99. The van der Waals surface area contributed by atoms with E-state index in [1.807, 2.05) is 6.92 Å². The third-order valence-electron chi connectivity index (χ3n) is 2.87. The van der Waals surface area contributed by atoms with Crippen molar-refractivity contribution in [3.63, 3.8) is 0 Å². The van der Waals surface area contributed by atoms with Gasteiger partial charge >= 0.3 is 0 Å². The molecule has 0 bridgehead atoms. The Bertz CT molecular complexity index is 605. The zero-order valence-electron chi connectivity index (χ0n) is 12.2. The van der Waals surface area contributed by atoms with Crippen molar-refractivity contribution in [1.82, 2.24) is 9.62 Å². The molecule has 1 N–H and O–H groups in total. The van der Waals surface area contributed by atoms with Crippen LogP contribution in [0.4, 0.5) is 4.39 Å². The largest absolute Gasteiger partial charge is 0.316 e. The molecule has 0 aliphatic carbocycles. The summed E-state index contributed by atoms with van der Waals surface area (Å²) >= 11 is 3.24. The normalized spacial score (nSPS) is 11.9. The average molecular weight is 379 g/mol. The highest BCUT2D eigenvalue weighted by atomic mass is 79.9. The fraction of sp³-hybridized carbons (Fsp3) is 0.429. The summed E-state index contributed by atoms with van der Waals surface area (Å²) in [7, 11) is -2.21. The fourth-order valence-electron chi connectivity index (χ4n) is 1.97. The second-order valence-electron chi connectivity index (χ2n) is 4.56. The van der Waals surface area contributed by atoms with E-state index < -0.39 is 15.8 Å². The van der Waals surface area contributed by atoms with Gasteiger partial charge in [0.25, 0.3) is 0 Å². The van der Waals surface area contributed by atoms with E-state index in [4.69, 9.17) is 0 Å². The van der Waals surface area contributed by atoms with E-state index in [2.05, 4.69) is 27.8 Å². The van der Waals surface area contributed by atoms with Gasteiger partial charge in [-0.2, -0.15) is 4.31 Å². The number of nitrogens with one attached hydrogen (secondary N) is 1. The summed E-state index contributed by atoms with van der Waals surface area (Å²) in [4.78, 5) is -0.308. The van der Waals surface area contributed by atoms with E-state index in [-0.39, 0.29) is 18.0 Å². The topological polar surface area (TPSA) is 49.4 Å². The second kappa shape index (κ2) is 8.03. The molecule has 0 aromatic heterocycles. The maximum absolute atomic E-state index is 14.5. The third-order valence-corrected chi connectivity index (χ3v) is 5.19. The summed E-state index contributed by atoms with van der Waals surface area (Å²) in [5.74, 6) is -0.710. The van der Waals surface area contributed by atoms with Crippen LogP contribution in [0.3, 0.4) is 0 Å². The molecule has 0 fully saturated rings. The maximum Gasteiger partial charge on any atom is 0.246 e. The van der Waals surface area contributed by atoms with Gasteiger partial charge in [-0.25, -0.2) is 12.8 Å². The van der Waals surface area contributed by atoms with E-state index in [1.165, 1.54) is 16.4 Å². The molecule has 1 aromatic carbocycles. The number of sulfonamides is 1. The zero-order chi connectivity index (χ0) is 16.0. The Morgan fingerprint density at radius 2 is 2.14 bits per heavy atom. The lowest BCUT2D eigenvalue weighted by atomic mass is 10.2. The molecule has 0 unspecified atom stereocenters. The van der Waals surface area contributed by atoms with E-state index in [1.54, 1.807) is 13.1 Å². The summed E-state index contributed by atoms with van der Waals surface area (Å²) in [6.45, 7) is 6.16. The maximum atomic E-state index is 14.5. The molecule has 0 spiro atoms. The van der Waals surface area contributed by atoms with E-state index >= 15 is 0 Å². The van der Waals surface area contributed by atoms with Crippen molar-refractivity contribution in [2.75, 3.05) is 20.1 Å². The standard InChI is InChI=1S/C14H20BrFN2O2S/c1-4-6-18(7-5-2)21(19,20)13-9-12(15)8-11(10-17-3)14(13)16/h4,8-9,17H,1,5-7,10H2,2-3H3. The molecule has 0 aliphatic heterocycles. The lowest BCUT2D eigenvalue weighted by Gasteiger charge is -2.21. The molecule has 118 valence electrons. The molecular weight excluding hydrogens is 359 g/mol. The number of nitrogens with zero attached hydrogens (tertiary/aromatic N) is 1. The van der Waals surface area contributed by atoms with Crippen LogP contribution in [0.1, 0.15) is 18.9 Å². The molecule has 0 atom stereocenters. The predicted octanol–water partition coefficient (Wildman–Crippen LogP) is 2.89. The fourth-order valence-corrected chi connectivity index (χ4v) is 4.26. The van der Waals surface area contributed by atoms with Crippen LogP contribution in [0.2, 0.25) is 0 Å². The van der Waals surface area contributed by atoms with Gasteiger partial charge in [0, 0.05) is 29.7 Å². The van der Waals surface area contributed by atoms with Gasteiger partial charge in [-0.05, 0) is 25.6 Å². The molecule has 1 rings (SSSR count). The lowest BCUT2D eigenvalue weighted by Crippen LogP contribution is -2.33. The van der Waals surface area contributed by atoms with Crippen molar-refractivity contribution in [2.24, 2.45) is 0 Å². The van der Waals surface area contributed by atoms with Gasteiger partial charge < -0.3 is 5.32 Å². The van der Waals surface area contributed by atoms with Gasteiger partial charge in [0.1, 0.15) is 10.7 Å². The summed E-state index contributed by atoms with van der Waals surface area (Å²) in [6, 6.07) is 2.87. The first kappa shape index (κ1) is 18.3. The SMILES string of the molecule is C=CCN(CCC)S(=O)(=O)c1cc(Br)cc(CNC)c1F. The zero-order valence-corrected chi connectivity index (χ0v) is 14.6. The first-order valence-electron chi connectivity index (χ1n) is 6.62. The van der Waals surface area contributed by atoms with Crippen LogP contribution in [0.25, 0.3) is 0 Å². The first-order chi connectivity index (χ1) is 9.88. The Hall–Kier alpha value is -0.760. The van der Waals surface area contributed by atoms with Gasteiger partial charge in [0.2, 0.25) is 10.0 Å². The summed E-state index contributed by atoms with van der Waals surface area (Å²) < 4.78 is 41.5. The Morgan fingerprint density at radius 1 is 1.48 bits per heavy atom. The van der Waals surface area contributed by atoms with E-state index in [0.29, 0.717) is 23.0 Å². The molecule has 21 heavy (non-hydrogen) atoms. The highest BCUT2D eigenvalue weighted by Crippen LogP contribution is 2.26. The first-order valence-corrected chi connectivity index (χ1v) is 8.85. The predicted molar refractivity (Wildman–Crippen MR) is 86.1 cm³/mol. The number of halogens is 2. The molecule has 1 aromatic rings. The molecule has 0 saturated heterocycles. The molecule has 4 nitrogen and oxygen atoms in total. The molecule has 0 aliphatic rings. The van der Waals surface area contributed by atoms with Crippen LogP contribution in [-0.2, 0) is 16.6 Å². The van der Waals surface area contributed by atoms with Gasteiger partial charge in [0.15, 0.2) is 0 Å². The number of hydrogen-bond acceptors (Lipinski definition) is 3. The second-order valence-corrected chi connectivity index (χ2v) is 7.38. The molecule has 7 heteroatoms. The van der Waals surface area contributed by atoms with E-state index in [0.717, 1.165) is 0 Å². The monoisotopic (exact) mass is 378 g/mol.